The first kappa shape index (κ1) is 78.7. The van der Waals surface area contributed by atoms with E-state index in [-0.39, 0.29) is 53.5 Å². The second kappa shape index (κ2) is 32.5. The van der Waals surface area contributed by atoms with Gasteiger partial charge in [-0.25, -0.2) is 4.79 Å². The van der Waals surface area contributed by atoms with E-state index in [4.69, 9.17) is 48.8 Å². The van der Waals surface area contributed by atoms with Crippen molar-refractivity contribution >= 4 is 46.5 Å². The number of fused-ring (bicyclic) bond motifs is 11. The summed E-state index contributed by atoms with van der Waals surface area (Å²) in [5, 5.41) is 25.3. The van der Waals surface area contributed by atoms with E-state index in [0.29, 0.717) is 144 Å². The topological polar surface area (TPSA) is 291 Å². The number of Topliss-reactive ketones (excluding diaryl/α,β-unsaturated/α-hetero) is 5. The number of amides is 1. The summed E-state index contributed by atoms with van der Waals surface area (Å²) in [6, 6.07) is 3.06. The zero-order valence-corrected chi connectivity index (χ0v) is 64.7. The number of rotatable bonds is 13. The van der Waals surface area contributed by atoms with Crippen molar-refractivity contribution in [3.8, 4) is 6.07 Å². The van der Waals surface area contributed by atoms with Crippen molar-refractivity contribution in [2.75, 3.05) is 69.5 Å². The second-order valence-electron chi connectivity index (χ2n) is 36.6. The van der Waals surface area contributed by atoms with Crippen LogP contribution in [0.5, 0.6) is 0 Å². The fraction of sp³-hybridized carbons (Fsp3) is 0.869. The number of ketones is 5. The molecule has 19 fully saturated rings. The molecule has 0 aromatic rings. The summed E-state index contributed by atoms with van der Waals surface area (Å²) < 4.78 is 42.4. The molecule has 1 saturated heterocycles. The van der Waals surface area contributed by atoms with Crippen LogP contribution in [0.25, 0.3) is 0 Å². The van der Waals surface area contributed by atoms with E-state index in [2.05, 4.69) is 30.0 Å². The summed E-state index contributed by atoms with van der Waals surface area (Å²) in [6.45, 7) is 8.88. The van der Waals surface area contributed by atoms with Crippen LogP contribution in [-0.4, -0.2) is 187 Å². The molecule has 105 heavy (non-hydrogen) atoms. The van der Waals surface area contributed by atoms with Crippen molar-refractivity contribution in [2.24, 2.45) is 127 Å². The highest BCUT2D eigenvalue weighted by atomic mass is 16.5. The number of hydrogen-bond acceptors (Lipinski definition) is 20. The Labute approximate surface area is 624 Å². The summed E-state index contributed by atoms with van der Waals surface area (Å²) in [6.07, 6.45) is 36.3. The van der Waals surface area contributed by atoms with Gasteiger partial charge in [-0.3, -0.25) is 28.8 Å². The number of nitrogens with two attached hydrogens (primary N) is 1. The Kier molecular flexibility index (Phi) is 24.4. The van der Waals surface area contributed by atoms with Crippen LogP contribution in [0.4, 0.5) is 0 Å². The molecule has 1 amide bonds. The van der Waals surface area contributed by atoms with Gasteiger partial charge in [-0.1, -0.05) is 18.7 Å². The van der Waals surface area contributed by atoms with E-state index in [0.717, 1.165) is 130 Å². The molecule has 0 radical (unpaired) electrons. The molecule has 26 atom stereocenters. The lowest BCUT2D eigenvalue weighted by Gasteiger charge is -2.27. The molecule has 584 valence electrons. The zero-order chi connectivity index (χ0) is 74.6. The van der Waals surface area contributed by atoms with Crippen molar-refractivity contribution in [2.45, 2.75) is 274 Å². The number of esters is 1. The van der Waals surface area contributed by atoms with Crippen LogP contribution in [-0.2, 0) is 71.5 Å². The van der Waals surface area contributed by atoms with Crippen LogP contribution in [0.1, 0.15) is 213 Å². The summed E-state index contributed by atoms with van der Waals surface area (Å²) in [4.78, 5) is 83.6. The number of allylic oxidation sites excluding steroid dienone is 1. The van der Waals surface area contributed by atoms with Crippen molar-refractivity contribution in [3.63, 3.8) is 0 Å². The van der Waals surface area contributed by atoms with Crippen LogP contribution in [0.3, 0.4) is 0 Å². The Balaban J connectivity index is 0.000000110. The fourth-order valence-electron chi connectivity index (χ4n) is 25.5. The number of oxime groups is 1. The Morgan fingerprint density at radius 3 is 1.58 bits per heavy atom. The van der Waals surface area contributed by atoms with Gasteiger partial charge in [0.15, 0.2) is 5.78 Å². The molecule has 4 unspecified atom stereocenters. The maximum Gasteiger partial charge on any atom is 0.375 e. The van der Waals surface area contributed by atoms with Gasteiger partial charge < -0.3 is 59.1 Å². The standard InChI is InChI=1S/C19H29N3O2.C13H18O5.C11H17NO2.C11H19NO.C11H16O2.C10H14O2.C9H14O2/c1-12-5-14(9-20)22(11-12)18(23)10-21-17-7-13-6-15(24-2)8-16(13)19(17)3-4-19;1-3-18-13(16)12(15)11-9-6-8(17-2)4-7(9)5-10(11)14;1-14-8-4-7-5-10(12-13)11(2-3-11)9(7)6-8;2*1-13-8-4-7-5-10(12)11(2-3-11)9(7)6-8;1-6-9-5-8(12-2)3-7(9)4-10(6)11;1-11-9-4-6-2-8(10)3-7(6)5-9/h12-17,21H,3-8,10-11H2,1-2H3;7-9,11H,3-6H2,1-2H3;7-9,13H,2-6H2,1H3;7-10H,2-6,12H2,1H3;7-9H,2-6H2,1H3;7-9H,1,3-5H2,2H3;6-7,9H,2-5H2,1H3/b;;12-10-;;;;/t12-,13+,14-,15+,16+,17?;7-,8-,9-,11?;7-,8-,9-;7-,8-,9-,10?;7-,8-,9-;7-,8-,9+;6-,7+,9?/m011111./s1. The van der Waals surface area contributed by atoms with Gasteiger partial charge in [0.25, 0.3) is 5.78 Å². The third-order valence-corrected chi connectivity index (χ3v) is 31.6. The number of nitriles is 1. The predicted molar refractivity (Wildman–Crippen MR) is 391 cm³/mol. The molecule has 0 aromatic carbocycles. The highest BCUT2D eigenvalue weighted by Gasteiger charge is 2.67. The van der Waals surface area contributed by atoms with Crippen LogP contribution in [0.15, 0.2) is 17.3 Å². The van der Waals surface area contributed by atoms with Gasteiger partial charge in [0, 0.05) is 111 Å². The van der Waals surface area contributed by atoms with Gasteiger partial charge in [0.1, 0.15) is 23.4 Å². The molecule has 19 rings (SSSR count). The lowest BCUT2D eigenvalue weighted by atomic mass is 9.87. The van der Waals surface area contributed by atoms with E-state index in [1.165, 1.54) is 103 Å². The Morgan fingerprint density at radius 1 is 0.562 bits per heavy atom. The number of likely N-dealkylation sites (tertiary alicyclic amines) is 1. The third-order valence-electron chi connectivity index (χ3n) is 31.6. The van der Waals surface area contributed by atoms with Gasteiger partial charge in [-0.05, 0) is 279 Å². The normalized spacial score (nSPS) is 42.8. The molecular weight excluding hydrogens is 1330 g/mol. The summed E-state index contributed by atoms with van der Waals surface area (Å²) in [5.74, 6) is 8.01. The lowest BCUT2D eigenvalue weighted by Crippen LogP contribution is -2.45. The van der Waals surface area contributed by atoms with Gasteiger partial charge in [-0.15, -0.1) is 0 Å². The number of nitrogens with one attached hydrogen (secondary N) is 1. The molecule has 4 N–H and O–H groups in total. The maximum absolute atomic E-state index is 12.6. The third kappa shape index (κ3) is 15.7. The van der Waals surface area contributed by atoms with E-state index >= 15 is 0 Å². The maximum atomic E-state index is 12.6. The highest BCUT2D eigenvalue weighted by molar-refractivity contribution is 6.38. The first-order valence-electron chi connectivity index (χ1n) is 41.1. The van der Waals surface area contributed by atoms with E-state index < -0.39 is 17.7 Å². The Bertz CT molecular complexity index is 3240. The van der Waals surface area contributed by atoms with E-state index in [1.54, 1.807) is 40.3 Å². The molecule has 1 aliphatic heterocycles. The van der Waals surface area contributed by atoms with Crippen LogP contribution in [0.2, 0.25) is 0 Å². The minimum Gasteiger partial charge on any atom is -0.460 e. The van der Waals surface area contributed by atoms with Gasteiger partial charge >= 0.3 is 5.97 Å². The van der Waals surface area contributed by atoms with Crippen molar-refractivity contribution < 1.29 is 76.7 Å². The molecule has 21 heteroatoms. The summed E-state index contributed by atoms with van der Waals surface area (Å²) in [5.41, 5.74) is 9.64. The van der Waals surface area contributed by atoms with Gasteiger partial charge in [0.2, 0.25) is 5.91 Å². The first-order chi connectivity index (χ1) is 50.5. The lowest BCUT2D eigenvalue weighted by molar-refractivity contribution is -0.157. The van der Waals surface area contributed by atoms with Crippen molar-refractivity contribution in [1.29, 1.82) is 5.26 Å². The number of methoxy groups -OCH3 is 7. The number of nitrogens with zero attached hydrogens (tertiary/aromatic N) is 3. The number of hydrogen-bond donors (Lipinski definition) is 3. The first-order valence-corrected chi connectivity index (χ1v) is 41.1. The Hall–Kier alpha value is -4.37. The molecule has 0 aromatic heterocycles. The number of carbonyl (C=O) groups is 7. The SMILES string of the molecule is C=C1C(=O)C[C@H]2C[C@@H](OC)C[C@@H]12.CCOC(=O)C(=O)C1C(=O)C[C@H]2C[C@@H](OC)C[C@@H]12.COC1C[C@H]2CC(=O)C[C@H]2C1.CO[C@@H]1C[C@@H]2C/C(=N/O)C3(CC3)[C@@H]2C1.CO[C@@H]1C[C@@H]2CC(=O)C3(CC3)[C@@H]2C1.CO[C@@H]1C[C@@H]2CC(N)C3(CC3)[C@@H]2C1.CO[C@@H]1C[C@@H]2CC(NCC(=O)N3C[C@@H](C)C[C@H]3C#N)C3(CC3)[C@@H]2C1. The highest BCUT2D eigenvalue weighted by Crippen LogP contribution is 2.70. The van der Waals surface area contributed by atoms with E-state index in [1.807, 2.05) is 21.3 Å². The molecule has 18 aliphatic carbocycles. The smallest absolute Gasteiger partial charge is 0.375 e. The molecule has 21 nitrogen and oxygen atoms in total. The minimum absolute atomic E-state index is 0.0423. The monoisotopic (exact) mass is 1460 g/mol. The molecule has 1 heterocycles. The van der Waals surface area contributed by atoms with Crippen molar-refractivity contribution in [1.82, 2.24) is 10.2 Å². The largest absolute Gasteiger partial charge is 0.460 e. The summed E-state index contributed by atoms with van der Waals surface area (Å²) in [7, 11) is 12.5. The van der Waals surface area contributed by atoms with Crippen molar-refractivity contribution in [3.05, 3.63) is 12.2 Å². The van der Waals surface area contributed by atoms with Crippen LogP contribution >= 0.6 is 0 Å². The molecular formula is C84H127N5O16. The van der Waals surface area contributed by atoms with Gasteiger partial charge in [0.05, 0.1) is 73.6 Å². The average molecular weight is 1460 g/mol. The molecule has 4 spiro atoms. The molecule has 0 bridgehead atoms. The number of carbonyl (C=O) groups excluding carboxylic acids is 7. The average Bonchev–Trinajstić information content (AvgIpc) is 1.57. The second-order valence-corrected chi connectivity index (χ2v) is 36.6. The quantitative estimate of drug-likeness (QED) is 0.0385. The van der Waals surface area contributed by atoms with E-state index in [9.17, 15) is 38.8 Å². The fourth-order valence-corrected chi connectivity index (χ4v) is 25.5. The van der Waals surface area contributed by atoms with Gasteiger partial charge in [-0.2, -0.15) is 5.26 Å². The van der Waals surface area contributed by atoms with Crippen LogP contribution in [0, 0.1) is 128 Å². The Morgan fingerprint density at radius 2 is 1.05 bits per heavy atom. The molecule has 19 aliphatic rings. The molecule has 18 saturated carbocycles. The minimum atomic E-state index is -0.877. The number of ether oxygens (including phenoxy) is 8. The summed E-state index contributed by atoms with van der Waals surface area (Å²) >= 11 is 0. The van der Waals surface area contributed by atoms with Crippen LogP contribution < -0.4 is 11.1 Å². The predicted octanol–water partition coefficient (Wildman–Crippen LogP) is 11.0. The zero-order valence-electron chi connectivity index (χ0n) is 64.7.